The number of hydrogen-bond acceptors (Lipinski definition) is 4. The summed E-state index contributed by atoms with van der Waals surface area (Å²) in [4.78, 5) is 18.5. The molecule has 0 amide bonds. The highest BCUT2D eigenvalue weighted by molar-refractivity contribution is 7.14. The van der Waals surface area contributed by atoms with Crippen LogP contribution in [0, 0.1) is 0 Å². The standard InChI is InChI=1S/C22H15N3O2S/c26-17-8-4-7-15(9-17)18-11-23-21-19(12-24-25(21)22(18)27)20-10-16(13-28-20)14-5-2-1-3-6-14/h1-13,24,26H. The number of aromatic hydroxyl groups is 1. The van der Waals surface area contributed by atoms with Crippen LogP contribution in [-0.2, 0) is 0 Å². The lowest BCUT2D eigenvalue weighted by molar-refractivity contribution is 0.475. The molecule has 3 aromatic heterocycles. The summed E-state index contributed by atoms with van der Waals surface area (Å²) in [5.74, 6) is 0.112. The first-order valence-electron chi connectivity index (χ1n) is 8.73. The van der Waals surface area contributed by atoms with Gasteiger partial charge in [-0.25, -0.2) is 9.50 Å². The first-order chi connectivity index (χ1) is 13.7. The summed E-state index contributed by atoms with van der Waals surface area (Å²) in [6, 6.07) is 18.9. The number of benzene rings is 2. The second kappa shape index (κ2) is 6.51. The molecule has 136 valence electrons. The Kier molecular flexibility index (Phi) is 3.84. The predicted octanol–water partition coefficient (Wildman–Crippen LogP) is 4.79. The zero-order valence-corrected chi connectivity index (χ0v) is 15.5. The number of phenols is 1. The van der Waals surface area contributed by atoms with E-state index in [2.05, 4.69) is 33.7 Å². The summed E-state index contributed by atoms with van der Waals surface area (Å²) in [5.41, 5.74) is 4.60. The smallest absolute Gasteiger partial charge is 0.280 e. The average Bonchev–Trinajstić information content (AvgIpc) is 3.36. The molecular formula is C22H15N3O2S. The SMILES string of the molecule is O=c1c(-c2cccc(O)c2)cnc2c(-c3cc(-c4ccccc4)cs3)c[nH]n12. The zero-order chi connectivity index (χ0) is 19.1. The molecule has 0 fully saturated rings. The van der Waals surface area contributed by atoms with Crippen molar-refractivity contribution in [2.24, 2.45) is 0 Å². The Morgan fingerprint density at radius 2 is 1.75 bits per heavy atom. The molecule has 6 heteroatoms. The van der Waals surface area contributed by atoms with Crippen molar-refractivity contribution in [2.75, 3.05) is 0 Å². The average molecular weight is 385 g/mol. The highest BCUT2D eigenvalue weighted by Gasteiger charge is 2.15. The van der Waals surface area contributed by atoms with Gasteiger partial charge in [-0.15, -0.1) is 11.3 Å². The van der Waals surface area contributed by atoms with Gasteiger partial charge in [0.2, 0.25) is 0 Å². The first-order valence-corrected chi connectivity index (χ1v) is 9.61. The summed E-state index contributed by atoms with van der Waals surface area (Å²) in [7, 11) is 0. The highest BCUT2D eigenvalue weighted by atomic mass is 32.1. The van der Waals surface area contributed by atoms with Gasteiger partial charge in [-0.05, 0) is 40.3 Å². The number of fused-ring (bicyclic) bond motifs is 1. The fraction of sp³-hybridized carbons (Fsp3) is 0. The zero-order valence-electron chi connectivity index (χ0n) is 14.7. The van der Waals surface area contributed by atoms with Gasteiger partial charge >= 0.3 is 0 Å². The number of nitrogens with zero attached hydrogens (tertiary/aromatic N) is 2. The van der Waals surface area contributed by atoms with Crippen LogP contribution in [0.2, 0.25) is 0 Å². The highest BCUT2D eigenvalue weighted by Crippen LogP contribution is 2.34. The van der Waals surface area contributed by atoms with Crippen LogP contribution in [0.15, 0.2) is 83.2 Å². The predicted molar refractivity (Wildman–Crippen MR) is 112 cm³/mol. The minimum absolute atomic E-state index is 0.112. The lowest BCUT2D eigenvalue weighted by atomic mass is 10.1. The van der Waals surface area contributed by atoms with E-state index < -0.39 is 0 Å². The molecule has 28 heavy (non-hydrogen) atoms. The van der Waals surface area contributed by atoms with E-state index in [9.17, 15) is 9.90 Å². The van der Waals surface area contributed by atoms with Gasteiger partial charge in [-0.2, -0.15) is 0 Å². The molecule has 5 nitrogen and oxygen atoms in total. The minimum atomic E-state index is -0.207. The molecule has 0 atom stereocenters. The number of rotatable bonds is 3. The van der Waals surface area contributed by atoms with Gasteiger partial charge in [0.1, 0.15) is 5.75 Å². The van der Waals surface area contributed by atoms with Crippen LogP contribution in [0.25, 0.3) is 38.3 Å². The van der Waals surface area contributed by atoms with Crippen LogP contribution >= 0.6 is 11.3 Å². The summed E-state index contributed by atoms with van der Waals surface area (Å²) < 4.78 is 1.44. The van der Waals surface area contributed by atoms with E-state index in [-0.39, 0.29) is 11.3 Å². The Hall–Kier alpha value is -3.64. The summed E-state index contributed by atoms with van der Waals surface area (Å²) in [6.07, 6.45) is 3.37. The third-order valence-corrected chi connectivity index (χ3v) is 5.63. The Morgan fingerprint density at radius 1 is 0.929 bits per heavy atom. The van der Waals surface area contributed by atoms with Gasteiger partial charge in [0.05, 0.1) is 11.1 Å². The van der Waals surface area contributed by atoms with Crippen molar-refractivity contribution in [3.8, 4) is 38.4 Å². The van der Waals surface area contributed by atoms with Crippen LogP contribution in [-0.4, -0.2) is 19.7 Å². The molecule has 0 radical (unpaired) electrons. The Bertz CT molecular complexity index is 1350. The van der Waals surface area contributed by atoms with Gasteiger partial charge in [-0.3, -0.25) is 9.89 Å². The Balaban J connectivity index is 1.60. The van der Waals surface area contributed by atoms with Gasteiger partial charge < -0.3 is 5.11 Å². The van der Waals surface area contributed by atoms with E-state index >= 15 is 0 Å². The number of aromatic nitrogens is 3. The second-order valence-corrected chi connectivity index (χ2v) is 7.35. The molecule has 5 rings (SSSR count). The van der Waals surface area contributed by atoms with E-state index in [1.165, 1.54) is 4.52 Å². The Labute approximate surface area is 164 Å². The van der Waals surface area contributed by atoms with Crippen molar-refractivity contribution >= 4 is 17.0 Å². The number of phenolic OH excluding ortho intramolecular Hbond substituents is 1. The molecule has 3 heterocycles. The van der Waals surface area contributed by atoms with Crippen molar-refractivity contribution in [2.45, 2.75) is 0 Å². The van der Waals surface area contributed by atoms with E-state index in [0.717, 1.165) is 21.6 Å². The number of thiophene rings is 1. The van der Waals surface area contributed by atoms with Gasteiger partial charge in [0.15, 0.2) is 5.65 Å². The third-order valence-electron chi connectivity index (χ3n) is 4.67. The normalized spacial score (nSPS) is 11.1. The van der Waals surface area contributed by atoms with E-state index in [1.54, 1.807) is 48.0 Å². The summed E-state index contributed by atoms with van der Waals surface area (Å²) >= 11 is 1.62. The van der Waals surface area contributed by atoms with E-state index in [0.29, 0.717) is 16.8 Å². The quantitative estimate of drug-likeness (QED) is 0.469. The van der Waals surface area contributed by atoms with Crippen LogP contribution in [0.3, 0.4) is 0 Å². The minimum Gasteiger partial charge on any atom is -0.508 e. The molecule has 5 aromatic rings. The number of hydrogen-bond donors (Lipinski definition) is 2. The molecule has 0 spiro atoms. The Morgan fingerprint density at radius 3 is 2.57 bits per heavy atom. The van der Waals surface area contributed by atoms with Crippen molar-refractivity contribution in [1.29, 1.82) is 0 Å². The molecule has 2 aromatic carbocycles. The van der Waals surface area contributed by atoms with Crippen molar-refractivity contribution in [1.82, 2.24) is 14.6 Å². The molecular weight excluding hydrogens is 370 g/mol. The summed E-state index contributed by atoms with van der Waals surface area (Å²) in [5, 5.41) is 14.8. The fourth-order valence-electron chi connectivity index (χ4n) is 3.27. The van der Waals surface area contributed by atoms with Crippen molar-refractivity contribution in [3.05, 3.63) is 88.8 Å². The lowest BCUT2D eigenvalue weighted by Crippen LogP contribution is -2.16. The molecule has 2 N–H and O–H groups in total. The maximum Gasteiger partial charge on any atom is 0.280 e. The van der Waals surface area contributed by atoms with E-state index in [1.807, 2.05) is 18.2 Å². The molecule has 0 aliphatic rings. The number of H-pyrrole nitrogens is 1. The molecule has 0 saturated heterocycles. The van der Waals surface area contributed by atoms with Crippen LogP contribution in [0.5, 0.6) is 5.75 Å². The molecule has 0 bridgehead atoms. The van der Waals surface area contributed by atoms with Crippen molar-refractivity contribution < 1.29 is 5.11 Å². The van der Waals surface area contributed by atoms with Gasteiger partial charge in [0.25, 0.3) is 5.56 Å². The largest absolute Gasteiger partial charge is 0.508 e. The fourth-order valence-corrected chi connectivity index (χ4v) is 4.20. The van der Waals surface area contributed by atoms with Crippen LogP contribution < -0.4 is 5.56 Å². The van der Waals surface area contributed by atoms with Gasteiger partial charge in [0, 0.05) is 17.3 Å². The maximum atomic E-state index is 12.9. The lowest BCUT2D eigenvalue weighted by Gasteiger charge is -2.02. The van der Waals surface area contributed by atoms with E-state index in [4.69, 9.17) is 0 Å². The first kappa shape index (κ1) is 16.5. The second-order valence-electron chi connectivity index (χ2n) is 6.44. The number of nitrogens with one attached hydrogen (secondary N) is 1. The number of aromatic amines is 1. The molecule has 0 unspecified atom stereocenters. The van der Waals surface area contributed by atoms with Crippen molar-refractivity contribution in [3.63, 3.8) is 0 Å². The summed E-state index contributed by atoms with van der Waals surface area (Å²) in [6.45, 7) is 0. The molecule has 0 saturated carbocycles. The maximum absolute atomic E-state index is 12.9. The van der Waals surface area contributed by atoms with Gasteiger partial charge in [-0.1, -0.05) is 42.5 Å². The monoisotopic (exact) mass is 385 g/mol. The third kappa shape index (κ3) is 2.71. The topological polar surface area (TPSA) is 70.4 Å². The van der Waals surface area contributed by atoms with Crippen LogP contribution in [0.1, 0.15) is 0 Å². The van der Waals surface area contributed by atoms with Crippen LogP contribution in [0.4, 0.5) is 0 Å². The molecule has 0 aliphatic carbocycles. The molecule has 0 aliphatic heterocycles.